The zero-order chi connectivity index (χ0) is 26.5. The van der Waals surface area contributed by atoms with Gasteiger partial charge in [-0.25, -0.2) is 0 Å². The summed E-state index contributed by atoms with van der Waals surface area (Å²) in [6, 6.07) is -0.976. The first kappa shape index (κ1) is 26.9. The average molecular weight is 503 g/mol. The molecule has 2 saturated heterocycles. The van der Waals surface area contributed by atoms with E-state index < -0.39 is 40.6 Å². The average Bonchev–Trinajstić information content (AvgIpc) is 3.06. The molecule has 2 fully saturated rings. The summed E-state index contributed by atoms with van der Waals surface area (Å²) in [6.45, 7) is 12.7. The highest BCUT2D eigenvalue weighted by molar-refractivity contribution is 5.99. The number of aliphatic hydroxyl groups excluding tert-OH is 1. The maximum Gasteiger partial charge on any atom is 0.313 e. The third-order valence-electron chi connectivity index (χ3n) is 8.03. The van der Waals surface area contributed by atoms with Crippen LogP contribution in [0.2, 0.25) is 0 Å². The van der Waals surface area contributed by atoms with Crippen LogP contribution in [-0.4, -0.2) is 81.8 Å². The van der Waals surface area contributed by atoms with Crippen LogP contribution >= 0.6 is 0 Å². The summed E-state index contributed by atoms with van der Waals surface area (Å²) in [6.07, 6.45) is 10.8. The van der Waals surface area contributed by atoms with Gasteiger partial charge in [-0.1, -0.05) is 45.1 Å². The van der Waals surface area contributed by atoms with Crippen molar-refractivity contribution in [2.45, 2.75) is 90.0 Å². The van der Waals surface area contributed by atoms with Crippen LogP contribution in [0.5, 0.6) is 0 Å². The van der Waals surface area contributed by atoms with Crippen molar-refractivity contribution in [3.05, 3.63) is 24.3 Å². The Bertz CT molecular complexity index is 966. The van der Waals surface area contributed by atoms with E-state index in [1.54, 1.807) is 0 Å². The Kier molecular flexibility index (Phi) is 6.92. The van der Waals surface area contributed by atoms with Crippen LogP contribution in [0.1, 0.15) is 67.2 Å². The molecule has 2 amide bonds. The number of cyclic esters (lactones) is 1. The Labute approximate surface area is 214 Å². The quantitative estimate of drug-likeness (QED) is 0.469. The highest BCUT2D eigenvalue weighted by Crippen LogP contribution is 2.57. The van der Waals surface area contributed by atoms with Crippen molar-refractivity contribution in [3.63, 3.8) is 0 Å². The lowest BCUT2D eigenvalue weighted by Gasteiger charge is -2.44. The van der Waals surface area contributed by atoms with Gasteiger partial charge in [0.2, 0.25) is 11.8 Å². The number of carbonyl (C=O) groups excluding carboxylic acids is 3. The minimum Gasteiger partial charge on any atom is -0.465 e. The molecule has 200 valence electrons. The first-order valence-corrected chi connectivity index (χ1v) is 13.2. The fourth-order valence-electron chi connectivity index (χ4n) is 7.08. The standard InChI is InChI=1S/C28H42N2O6/c1-25(2,3)18-26(4,5)30-14-11-13-28-19(22(32)29(15-16-31)21(28)23(30)33)20-24(34)35-17-10-8-7-9-12-27(20,6)36-28/h9,11-13,19-21,31H,7-8,10,14-18H2,1-6H3/b12-9-/t19-,20-,21?,27+,28-/m0/s1. The monoisotopic (exact) mass is 502 g/mol. The molecule has 1 spiro atoms. The van der Waals surface area contributed by atoms with Gasteiger partial charge < -0.3 is 24.4 Å². The molecular formula is C28H42N2O6. The number of esters is 1. The van der Waals surface area contributed by atoms with Crippen molar-refractivity contribution in [3.8, 4) is 0 Å². The van der Waals surface area contributed by atoms with Gasteiger partial charge in [0, 0.05) is 18.6 Å². The molecule has 0 aromatic rings. The van der Waals surface area contributed by atoms with Crippen molar-refractivity contribution in [1.82, 2.24) is 9.80 Å². The molecule has 1 unspecified atom stereocenters. The normalized spacial score (nSPS) is 36.2. The second-order valence-corrected chi connectivity index (χ2v) is 12.7. The number of β-amino-alcohol motifs (C(OH)–C–C–N with tert-alkyl or cyclic N) is 1. The molecule has 4 rings (SSSR count). The Balaban J connectivity index is 1.83. The van der Waals surface area contributed by atoms with Gasteiger partial charge >= 0.3 is 5.97 Å². The highest BCUT2D eigenvalue weighted by atomic mass is 16.6. The summed E-state index contributed by atoms with van der Waals surface area (Å²) < 4.78 is 12.4. The van der Waals surface area contributed by atoms with E-state index >= 15 is 0 Å². The van der Waals surface area contributed by atoms with Gasteiger partial charge in [-0.15, -0.1) is 0 Å². The number of amides is 2. The number of fused-ring (bicyclic) bond motifs is 2. The first-order valence-electron chi connectivity index (χ1n) is 13.2. The topological polar surface area (TPSA) is 96.4 Å². The third-order valence-corrected chi connectivity index (χ3v) is 8.03. The van der Waals surface area contributed by atoms with Crippen molar-refractivity contribution in [2.24, 2.45) is 17.3 Å². The lowest BCUT2D eigenvalue weighted by atomic mass is 9.74. The van der Waals surface area contributed by atoms with Crippen molar-refractivity contribution in [1.29, 1.82) is 0 Å². The van der Waals surface area contributed by atoms with Crippen LogP contribution in [0.25, 0.3) is 0 Å². The number of nitrogens with zero attached hydrogens (tertiary/aromatic N) is 2. The van der Waals surface area contributed by atoms with Gasteiger partial charge in [0.1, 0.15) is 17.6 Å². The summed E-state index contributed by atoms with van der Waals surface area (Å²) in [4.78, 5) is 45.0. The molecule has 8 nitrogen and oxygen atoms in total. The van der Waals surface area contributed by atoms with E-state index in [0.29, 0.717) is 13.2 Å². The Morgan fingerprint density at radius 2 is 1.75 bits per heavy atom. The summed E-state index contributed by atoms with van der Waals surface area (Å²) >= 11 is 0. The van der Waals surface area contributed by atoms with Crippen molar-refractivity contribution in [2.75, 3.05) is 26.3 Å². The molecule has 0 radical (unpaired) electrons. The lowest BCUT2D eigenvalue weighted by molar-refractivity contribution is -0.161. The number of aliphatic hydroxyl groups is 1. The van der Waals surface area contributed by atoms with Crippen LogP contribution in [-0.2, 0) is 23.9 Å². The number of hydrogen-bond donors (Lipinski definition) is 1. The van der Waals surface area contributed by atoms with Gasteiger partial charge in [0.25, 0.3) is 0 Å². The smallest absolute Gasteiger partial charge is 0.313 e. The second-order valence-electron chi connectivity index (χ2n) is 12.7. The van der Waals surface area contributed by atoms with Gasteiger partial charge in [0.05, 0.1) is 24.7 Å². The van der Waals surface area contributed by atoms with Crippen molar-refractivity contribution < 1.29 is 29.0 Å². The van der Waals surface area contributed by atoms with Gasteiger partial charge in [-0.05, 0) is 51.9 Å². The maximum atomic E-state index is 14.4. The molecule has 0 bridgehead atoms. The number of ether oxygens (including phenoxy) is 2. The van der Waals surface area contributed by atoms with Crippen LogP contribution in [0.4, 0.5) is 0 Å². The van der Waals surface area contributed by atoms with Gasteiger partial charge in [-0.2, -0.15) is 0 Å². The molecule has 4 aliphatic heterocycles. The van der Waals surface area contributed by atoms with E-state index in [1.807, 2.05) is 50.0 Å². The predicted molar refractivity (Wildman–Crippen MR) is 135 cm³/mol. The van der Waals surface area contributed by atoms with Gasteiger partial charge in [-0.3, -0.25) is 14.4 Å². The molecule has 4 heterocycles. The number of carbonyl (C=O) groups is 3. The van der Waals surface area contributed by atoms with Crippen LogP contribution in [0.15, 0.2) is 24.3 Å². The first-order chi connectivity index (χ1) is 16.8. The molecule has 0 aromatic carbocycles. The molecule has 1 N–H and O–H groups in total. The summed E-state index contributed by atoms with van der Waals surface area (Å²) in [7, 11) is 0. The number of rotatable bonds is 4. The van der Waals surface area contributed by atoms with E-state index in [9.17, 15) is 19.5 Å². The summed E-state index contributed by atoms with van der Waals surface area (Å²) in [5.41, 5.74) is -2.94. The Morgan fingerprint density at radius 3 is 2.42 bits per heavy atom. The fourth-order valence-corrected chi connectivity index (χ4v) is 7.08. The Hall–Kier alpha value is -2.19. The molecule has 0 saturated carbocycles. The molecule has 5 atom stereocenters. The minimum absolute atomic E-state index is 0.00739. The largest absolute Gasteiger partial charge is 0.465 e. The van der Waals surface area contributed by atoms with E-state index in [2.05, 4.69) is 20.8 Å². The minimum atomic E-state index is -1.33. The van der Waals surface area contributed by atoms with Gasteiger partial charge in [0.15, 0.2) is 0 Å². The number of likely N-dealkylation sites (tertiary alicyclic amines) is 1. The fraction of sp³-hybridized carbons (Fsp3) is 0.750. The van der Waals surface area contributed by atoms with Crippen molar-refractivity contribution >= 4 is 17.8 Å². The van der Waals surface area contributed by atoms with Crippen LogP contribution in [0.3, 0.4) is 0 Å². The zero-order valence-corrected chi connectivity index (χ0v) is 22.6. The zero-order valence-electron chi connectivity index (χ0n) is 22.6. The van der Waals surface area contributed by atoms with E-state index in [-0.39, 0.29) is 30.4 Å². The lowest BCUT2D eigenvalue weighted by Crippen LogP contribution is -2.60. The maximum absolute atomic E-state index is 14.4. The Morgan fingerprint density at radius 1 is 1.03 bits per heavy atom. The molecule has 4 aliphatic rings. The van der Waals surface area contributed by atoms with Crippen LogP contribution in [0, 0.1) is 17.3 Å². The summed E-state index contributed by atoms with van der Waals surface area (Å²) in [5.74, 6) is -2.85. The van der Waals surface area contributed by atoms with E-state index in [4.69, 9.17) is 9.47 Å². The van der Waals surface area contributed by atoms with Crippen LogP contribution < -0.4 is 0 Å². The number of allylic oxidation sites excluding steroid dienone is 1. The van der Waals surface area contributed by atoms with E-state index in [1.165, 1.54) is 4.90 Å². The predicted octanol–water partition coefficient (Wildman–Crippen LogP) is 2.85. The molecule has 0 aliphatic carbocycles. The second kappa shape index (κ2) is 9.28. The molecule has 0 aromatic heterocycles. The molecule has 8 heteroatoms. The SMILES string of the molecule is CC(C)(C)CC(C)(C)N1CC=C[C@]23O[C@]4(C)/C=C\CCCCOC(=O)[C@@H]4[C@H]2C(=O)N(CCO)C3C1=O. The van der Waals surface area contributed by atoms with E-state index in [0.717, 1.165) is 25.7 Å². The molecule has 36 heavy (non-hydrogen) atoms. The highest BCUT2D eigenvalue weighted by Gasteiger charge is 2.74. The number of hydrogen-bond acceptors (Lipinski definition) is 6. The third kappa shape index (κ3) is 4.40. The summed E-state index contributed by atoms with van der Waals surface area (Å²) in [5, 5.41) is 9.84. The molecular weight excluding hydrogens is 460 g/mol.